The fraction of sp³-hybridized carbons (Fsp3) is 0.250. The van der Waals surface area contributed by atoms with Crippen LogP contribution in [-0.4, -0.2) is 38.1 Å². The van der Waals surface area contributed by atoms with Gasteiger partial charge in [-0.15, -0.1) is 0 Å². The summed E-state index contributed by atoms with van der Waals surface area (Å²) in [6.07, 6.45) is 0. The standard InChI is InChI=1S/C16H20N2O6S2/c1-11-5-6-12(25(19,20)17-2)9-14(11)18-26(21,22)13-7-8-15(23-3)16(10-13)24-4/h5-10,17-18H,1-4H3. The molecule has 0 saturated heterocycles. The molecule has 0 atom stereocenters. The minimum absolute atomic E-state index is 0.0450. The van der Waals surface area contributed by atoms with Crippen LogP contribution >= 0.6 is 0 Å². The van der Waals surface area contributed by atoms with E-state index in [1.54, 1.807) is 6.92 Å². The fourth-order valence-corrected chi connectivity index (χ4v) is 4.08. The number of methoxy groups -OCH3 is 2. The minimum Gasteiger partial charge on any atom is -0.493 e. The molecular formula is C16H20N2O6S2. The summed E-state index contributed by atoms with van der Waals surface area (Å²) in [6, 6.07) is 8.35. The number of aryl methyl sites for hydroxylation is 1. The molecule has 0 aliphatic carbocycles. The molecule has 2 aromatic rings. The molecule has 0 amide bonds. The largest absolute Gasteiger partial charge is 0.493 e. The van der Waals surface area contributed by atoms with Gasteiger partial charge in [-0.05, 0) is 43.8 Å². The van der Waals surface area contributed by atoms with Crippen molar-refractivity contribution in [3.63, 3.8) is 0 Å². The van der Waals surface area contributed by atoms with E-state index in [1.807, 2.05) is 0 Å². The van der Waals surface area contributed by atoms with Crippen LogP contribution in [0.3, 0.4) is 0 Å². The molecule has 10 heteroatoms. The summed E-state index contributed by atoms with van der Waals surface area (Å²) in [5, 5.41) is 0. The van der Waals surface area contributed by atoms with Crippen molar-refractivity contribution in [2.45, 2.75) is 16.7 Å². The van der Waals surface area contributed by atoms with E-state index in [0.717, 1.165) is 0 Å². The second-order valence-corrected chi connectivity index (χ2v) is 8.88. The molecule has 0 bridgehead atoms. The van der Waals surface area contributed by atoms with Crippen LogP contribution in [0.1, 0.15) is 5.56 Å². The Morgan fingerprint density at radius 1 is 0.808 bits per heavy atom. The van der Waals surface area contributed by atoms with Crippen molar-refractivity contribution in [2.75, 3.05) is 26.0 Å². The van der Waals surface area contributed by atoms with Crippen LogP contribution < -0.4 is 18.9 Å². The lowest BCUT2D eigenvalue weighted by Crippen LogP contribution is -2.19. The smallest absolute Gasteiger partial charge is 0.262 e. The third-order valence-corrected chi connectivity index (χ3v) is 6.47. The average Bonchev–Trinajstić information content (AvgIpc) is 2.62. The molecule has 0 unspecified atom stereocenters. The second-order valence-electron chi connectivity index (χ2n) is 5.31. The van der Waals surface area contributed by atoms with Gasteiger partial charge in [0.25, 0.3) is 10.0 Å². The molecule has 2 rings (SSSR count). The van der Waals surface area contributed by atoms with E-state index in [1.165, 1.54) is 57.7 Å². The van der Waals surface area contributed by atoms with E-state index in [0.29, 0.717) is 11.3 Å². The highest BCUT2D eigenvalue weighted by Crippen LogP contribution is 2.31. The van der Waals surface area contributed by atoms with Crippen LogP contribution in [0.4, 0.5) is 5.69 Å². The number of benzene rings is 2. The molecule has 0 saturated carbocycles. The third kappa shape index (κ3) is 4.09. The Balaban J connectivity index is 2.46. The van der Waals surface area contributed by atoms with Crippen molar-refractivity contribution in [3.05, 3.63) is 42.0 Å². The monoisotopic (exact) mass is 400 g/mol. The summed E-state index contributed by atoms with van der Waals surface area (Å²) >= 11 is 0. The van der Waals surface area contributed by atoms with E-state index in [-0.39, 0.29) is 21.2 Å². The number of nitrogens with one attached hydrogen (secondary N) is 2. The number of ether oxygens (including phenoxy) is 2. The highest BCUT2D eigenvalue weighted by molar-refractivity contribution is 7.92. The zero-order valence-electron chi connectivity index (χ0n) is 14.7. The quantitative estimate of drug-likeness (QED) is 0.732. The highest BCUT2D eigenvalue weighted by Gasteiger charge is 2.20. The van der Waals surface area contributed by atoms with E-state index in [4.69, 9.17) is 9.47 Å². The highest BCUT2D eigenvalue weighted by atomic mass is 32.2. The molecular weight excluding hydrogens is 380 g/mol. The maximum atomic E-state index is 12.7. The van der Waals surface area contributed by atoms with Gasteiger partial charge in [0, 0.05) is 6.07 Å². The van der Waals surface area contributed by atoms with Crippen LogP contribution in [0.5, 0.6) is 11.5 Å². The molecule has 2 N–H and O–H groups in total. The number of hydrogen-bond acceptors (Lipinski definition) is 6. The first-order valence-electron chi connectivity index (χ1n) is 7.43. The van der Waals surface area contributed by atoms with Crippen LogP contribution in [-0.2, 0) is 20.0 Å². The zero-order valence-corrected chi connectivity index (χ0v) is 16.4. The first-order valence-corrected chi connectivity index (χ1v) is 10.4. The Morgan fingerprint density at radius 2 is 1.38 bits per heavy atom. The molecule has 0 aliphatic heterocycles. The molecule has 8 nitrogen and oxygen atoms in total. The maximum absolute atomic E-state index is 12.7. The molecule has 2 aromatic carbocycles. The summed E-state index contributed by atoms with van der Waals surface area (Å²) in [7, 11) is -3.53. The molecule has 0 radical (unpaired) electrons. The lowest BCUT2D eigenvalue weighted by molar-refractivity contribution is 0.354. The number of rotatable bonds is 7. The van der Waals surface area contributed by atoms with Gasteiger partial charge in [0.15, 0.2) is 11.5 Å². The van der Waals surface area contributed by atoms with Crippen molar-refractivity contribution in [1.29, 1.82) is 0 Å². The van der Waals surface area contributed by atoms with Gasteiger partial charge in [-0.25, -0.2) is 21.6 Å². The van der Waals surface area contributed by atoms with Crippen LogP contribution in [0.15, 0.2) is 46.2 Å². The lowest BCUT2D eigenvalue weighted by atomic mass is 10.2. The van der Waals surface area contributed by atoms with E-state index < -0.39 is 20.0 Å². The first kappa shape index (κ1) is 20.0. The summed E-state index contributed by atoms with van der Waals surface area (Å²) in [5.41, 5.74) is 0.736. The molecule has 26 heavy (non-hydrogen) atoms. The van der Waals surface area contributed by atoms with Crippen molar-refractivity contribution in [2.24, 2.45) is 0 Å². The average molecular weight is 400 g/mol. The van der Waals surface area contributed by atoms with Crippen LogP contribution in [0.2, 0.25) is 0 Å². The van der Waals surface area contributed by atoms with E-state index in [9.17, 15) is 16.8 Å². The van der Waals surface area contributed by atoms with E-state index in [2.05, 4.69) is 9.44 Å². The summed E-state index contributed by atoms with van der Waals surface area (Å²) in [4.78, 5) is -0.0907. The number of hydrogen-bond donors (Lipinski definition) is 2. The zero-order chi connectivity index (χ0) is 19.5. The van der Waals surface area contributed by atoms with E-state index >= 15 is 0 Å². The van der Waals surface area contributed by atoms with Gasteiger partial charge in [-0.3, -0.25) is 4.72 Å². The van der Waals surface area contributed by atoms with Gasteiger partial charge in [0.1, 0.15) is 0 Å². The number of sulfonamides is 2. The molecule has 0 fully saturated rings. The van der Waals surface area contributed by atoms with Crippen molar-refractivity contribution in [1.82, 2.24) is 4.72 Å². The van der Waals surface area contributed by atoms with Gasteiger partial charge in [-0.1, -0.05) is 6.07 Å². The topological polar surface area (TPSA) is 111 Å². The molecule has 0 spiro atoms. The molecule has 142 valence electrons. The Hall–Kier alpha value is -2.30. The Labute approximate surface area is 153 Å². The van der Waals surface area contributed by atoms with Crippen LogP contribution in [0, 0.1) is 6.92 Å². The van der Waals surface area contributed by atoms with Gasteiger partial charge < -0.3 is 9.47 Å². The first-order chi connectivity index (χ1) is 12.1. The normalized spacial score (nSPS) is 11.8. The van der Waals surface area contributed by atoms with Crippen LogP contribution in [0.25, 0.3) is 0 Å². The Bertz CT molecular complexity index is 1020. The molecule has 0 aliphatic rings. The molecule has 0 aromatic heterocycles. The van der Waals surface area contributed by atoms with Crippen molar-refractivity contribution >= 4 is 25.7 Å². The Kier molecular flexibility index (Phi) is 5.79. The molecule has 0 heterocycles. The maximum Gasteiger partial charge on any atom is 0.262 e. The predicted octanol–water partition coefficient (Wildman–Crippen LogP) is 1.72. The minimum atomic E-state index is -3.96. The summed E-state index contributed by atoms with van der Waals surface area (Å²) < 4.78 is 64.0. The fourth-order valence-electron chi connectivity index (χ4n) is 2.18. The van der Waals surface area contributed by atoms with Gasteiger partial charge in [0.05, 0.1) is 29.7 Å². The SMILES string of the molecule is CNS(=O)(=O)c1ccc(C)c(NS(=O)(=O)c2ccc(OC)c(OC)c2)c1. The lowest BCUT2D eigenvalue weighted by Gasteiger charge is -2.14. The van der Waals surface area contributed by atoms with Gasteiger partial charge >= 0.3 is 0 Å². The summed E-state index contributed by atoms with van der Waals surface area (Å²) in [6.45, 7) is 1.67. The van der Waals surface area contributed by atoms with Gasteiger partial charge in [-0.2, -0.15) is 0 Å². The third-order valence-electron chi connectivity index (χ3n) is 3.70. The van der Waals surface area contributed by atoms with Crippen molar-refractivity contribution < 1.29 is 26.3 Å². The predicted molar refractivity (Wildman–Crippen MR) is 97.8 cm³/mol. The Morgan fingerprint density at radius 3 is 1.96 bits per heavy atom. The summed E-state index contributed by atoms with van der Waals surface area (Å²) in [5.74, 6) is 0.656. The number of anilines is 1. The van der Waals surface area contributed by atoms with Gasteiger partial charge in [0.2, 0.25) is 10.0 Å². The second kappa shape index (κ2) is 7.52. The van der Waals surface area contributed by atoms with Crippen molar-refractivity contribution in [3.8, 4) is 11.5 Å².